The Balaban J connectivity index is 1.48. The monoisotopic (exact) mass is 373 g/mol. The van der Waals surface area contributed by atoms with Crippen molar-refractivity contribution in [1.29, 1.82) is 0 Å². The Hall–Kier alpha value is -3.64. The van der Waals surface area contributed by atoms with E-state index in [1.807, 2.05) is 40.9 Å². The maximum Gasteiger partial charge on any atom is 0.252 e. The molecule has 0 aliphatic carbocycles. The highest BCUT2D eigenvalue weighted by Gasteiger charge is 2.13. The Bertz CT molecular complexity index is 1120. The van der Waals surface area contributed by atoms with E-state index in [9.17, 15) is 15.0 Å². The summed E-state index contributed by atoms with van der Waals surface area (Å²) in [6.45, 7) is 0.0412. The van der Waals surface area contributed by atoms with E-state index in [0.717, 1.165) is 16.9 Å². The number of amides is 1. The molecular formula is C22H19N3O3. The molecule has 2 aromatic heterocycles. The summed E-state index contributed by atoms with van der Waals surface area (Å²) in [7, 11) is 0. The lowest BCUT2D eigenvalue weighted by atomic mass is 10.1. The van der Waals surface area contributed by atoms with Crippen molar-refractivity contribution in [1.82, 2.24) is 14.7 Å². The molecule has 0 radical (unpaired) electrons. The van der Waals surface area contributed by atoms with Crippen molar-refractivity contribution in [3.8, 4) is 17.0 Å². The third-order valence-corrected chi connectivity index (χ3v) is 4.49. The standard InChI is InChI=1S/C22H19N3O3/c26-18-8-4-7-16(11-18)20(27)12-23-22(28)17-9-10-21-24-19(14-25(21)13-17)15-5-2-1-3-6-15/h1-11,13-14,20,26-27H,12H2,(H,23,28)/t20-/m0/s1. The fraction of sp³-hybridized carbons (Fsp3) is 0.0909. The Labute approximate surface area is 161 Å². The second-order valence-corrected chi connectivity index (χ2v) is 6.50. The van der Waals surface area contributed by atoms with Crippen LogP contribution in [0.15, 0.2) is 79.1 Å². The van der Waals surface area contributed by atoms with Crippen molar-refractivity contribution in [3.05, 3.63) is 90.3 Å². The molecule has 0 fully saturated rings. The van der Waals surface area contributed by atoms with Gasteiger partial charge in [0.15, 0.2) is 0 Å². The minimum atomic E-state index is -0.905. The lowest BCUT2D eigenvalue weighted by molar-refractivity contribution is 0.0916. The van der Waals surface area contributed by atoms with Gasteiger partial charge in [-0.2, -0.15) is 0 Å². The Morgan fingerprint density at radius 2 is 1.86 bits per heavy atom. The summed E-state index contributed by atoms with van der Waals surface area (Å²) >= 11 is 0. The minimum absolute atomic E-state index is 0.0412. The van der Waals surface area contributed by atoms with Gasteiger partial charge in [0.1, 0.15) is 11.4 Å². The first-order valence-corrected chi connectivity index (χ1v) is 8.89. The van der Waals surface area contributed by atoms with E-state index in [1.165, 1.54) is 12.1 Å². The number of pyridine rings is 1. The zero-order valence-corrected chi connectivity index (χ0v) is 15.0. The largest absolute Gasteiger partial charge is 0.508 e. The maximum atomic E-state index is 12.5. The smallest absolute Gasteiger partial charge is 0.252 e. The van der Waals surface area contributed by atoms with Gasteiger partial charge in [0.2, 0.25) is 0 Å². The predicted octanol–water partition coefficient (Wildman–Crippen LogP) is 3.17. The molecular weight excluding hydrogens is 354 g/mol. The lowest BCUT2D eigenvalue weighted by Gasteiger charge is -2.12. The van der Waals surface area contributed by atoms with E-state index in [0.29, 0.717) is 11.1 Å². The Morgan fingerprint density at radius 3 is 2.64 bits per heavy atom. The summed E-state index contributed by atoms with van der Waals surface area (Å²) in [5.41, 5.74) is 3.59. The van der Waals surface area contributed by atoms with Crippen LogP contribution in [-0.4, -0.2) is 32.0 Å². The average molecular weight is 373 g/mol. The molecule has 2 aromatic carbocycles. The fourth-order valence-corrected chi connectivity index (χ4v) is 3.02. The number of aliphatic hydroxyl groups excluding tert-OH is 1. The van der Waals surface area contributed by atoms with E-state index in [1.54, 1.807) is 30.5 Å². The molecule has 4 rings (SSSR count). The van der Waals surface area contributed by atoms with E-state index in [2.05, 4.69) is 10.3 Å². The van der Waals surface area contributed by atoms with E-state index < -0.39 is 6.10 Å². The Morgan fingerprint density at radius 1 is 1.04 bits per heavy atom. The summed E-state index contributed by atoms with van der Waals surface area (Å²) in [4.78, 5) is 17.0. The van der Waals surface area contributed by atoms with Crippen molar-refractivity contribution >= 4 is 11.6 Å². The van der Waals surface area contributed by atoms with Crippen LogP contribution in [0.25, 0.3) is 16.9 Å². The first kappa shape index (κ1) is 17.8. The van der Waals surface area contributed by atoms with Gasteiger partial charge in [-0.15, -0.1) is 0 Å². The quantitative estimate of drug-likeness (QED) is 0.501. The van der Waals surface area contributed by atoms with Gasteiger partial charge in [-0.05, 0) is 29.8 Å². The molecule has 0 aliphatic rings. The number of nitrogens with zero attached hydrogens (tertiary/aromatic N) is 2. The van der Waals surface area contributed by atoms with Crippen molar-refractivity contribution < 1.29 is 15.0 Å². The SMILES string of the molecule is O=C(NC[C@H](O)c1cccc(O)c1)c1ccc2nc(-c3ccccc3)cn2c1. The second-order valence-electron chi connectivity index (χ2n) is 6.50. The van der Waals surface area contributed by atoms with Crippen molar-refractivity contribution in [3.63, 3.8) is 0 Å². The van der Waals surface area contributed by atoms with E-state index in [-0.39, 0.29) is 18.2 Å². The molecule has 6 nitrogen and oxygen atoms in total. The Kier molecular flexibility index (Phi) is 4.78. The summed E-state index contributed by atoms with van der Waals surface area (Å²) in [6, 6.07) is 19.7. The normalized spacial score (nSPS) is 12.0. The van der Waals surface area contributed by atoms with Crippen LogP contribution in [0.4, 0.5) is 0 Å². The predicted molar refractivity (Wildman–Crippen MR) is 106 cm³/mol. The highest BCUT2D eigenvalue weighted by atomic mass is 16.3. The van der Waals surface area contributed by atoms with Gasteiger partial charge < -0.3 is 19.9 Å². The van der Waals surface area contributed by atoms with E-state index >= 15 is 0 Å². The topological polar surface area (TPSA) is 86.9 Å². The number of benzene rings is 2. The third kappa shape index (κ3) is 3.72. The van der Waals surface area contributed by atoms with Crippen LogP contribution < -0.4 is 5.32 Å². The van der Waals surface area contributed by atoms with Crippen LogP contribution in [0, 0.1) is 0 Å². The number of phenols is 1. The van der Waals surface area contributed by atoms with Gasteiger partial charge in [0.05, 0.1) is 17.4 Å². The number of fused-ring (bicyclic) bond motifs is 1. The molecule has 0 saturated carbocycles. The molecule has 1 atom stereocenters. The second kappa shape index (κ2) is 7.54. The minimum Gasteiger partial charge on any atom is -0.508 e. The highest BCUT2D eigenvalue weighted by Crippen LogP contribution is 2.20. The summed E-state index contributed by atoms with van der Waals surface area (Å²) < 4.78 is 1.81. The molecule has 0 spiro atoms. The van der Waals surface area contributed by atoms with Gasteiger partial charge in [0, 0.05) is 24.5 Å². The number of aromatic nitrogens is 2. The van der Waals surface area contributed by atoms with Crippen LogP contribution >= 0.6 is 0 Å². The van der Waals surface area contributed by atoms with Gasteiger partial charge in [-0.25, -0.2) is 4.98 Å². The van der Waals surface area contributed by atoms with Crippen LogP contribution in [-0.2, 0) is 0 Å². The molecule has 0 saturated heterocycles. The number of aliphatic hydroxyl groups is 1. The number of aromatic hydroxyl groups is 1. The first-order valence-electron chi connectivity index (χ1n) is 8.89. The maximum absolute atomic E-state index is 12.5. The summed E-state index contributed by atoms with van der Waals surface area (Å²) in [5, 5.41) is 22.4. The first-order chi connectivity index (χ1) is 13.6. The van der Waals surface area contributed by atoms with Crippen molar-refractivity contribution in [2.75, 3.05) is 6.54 Å². The number of imidazole rings is 1. The van der Waals surface area contributed by atoms with Gasteiger partial charge >= 0.3 is 0 Å². The zero-order valence-electron chi connectivity index (χ0n) is 15.0. The van der Waals surface area contributed by atoms with Crippen LogP contribution in [0.3, 0.4) is 0 Å². The van der Waals surface area contributed by atoms with E-state index in [4.69, 9.17) is 0 Å². The molecule has 4 aromatic rings. The molecule has 28 heavy (non-hydrogen) atoms. The number of carbonyl (C=O) groups is 1. The molecule has 2 heterocycles. The van der Waals surface area contributed by atoms with Gasteiger partial charge in [-0.1, -0.05) is 42.5 Å². The summed E-state index contributed by atoms with van der Waals surface area (Å²) in [6.07, 6.45) is 2.69. The van der Waals surface area contributed by atoms with Crippen LogP contribution in [0.5, 0.6) is 5.75 Å². The molecule has 0 aliphatic heterocycles. The molecule has 0 bridgehead atoms. The van der Waals surface area contributed by atoms with Gasteiger partial charge in [0.25, 0.3) is 5.91 Å². The summed E-state index contributed by atoms with van der Waals surface area (Å²) in [5.74, 6) is -0.223. The molecule has 140 valence electrons. The average Bonchev–Trinajstić information content (AvgIpc) is 3.16. The molecule has 1 amide bonds. The number of hydrogen-bond acceptors (Lipinski definition) is 4. The molecule has 0 unspecified atom stereocenters. The highest BCUT2D eigenvalue weighted by molar-refractivity contribution is 5.94. The molecule has 3 N–H and O–H groups in total. The number of phenolic OH excluding ortho intramolecular Hbond substituents is 1. The van der Waals surface area contributed by atoms with Crippen LogP contribution in [0.1, 0.15) is 22.0 Å². The van der Waals surface area contributed by atoms with Gasteiger partial charge in [-0.3, -0.25) is 4.79 Å². The third-order valence-electron chi connectivity index (χ3n) is 4.49. The number of hydrogen-bond donors (Lipinski definition) is 3. The number of nitrogens with one attached hydrogen (secondary N) is 1. The number of rotatable bonds is 5. The number of carbonyl (C=O) groups excluding carboxylic acids is 1. The zero-order chi connectivity index (χ0) is 19.5. The molecule has 6 heteroatoms. The van der Waals surface area contributed by atoms with Crippen LogP contribution in [0.2, 0.25) is 0 Å². The lowest BCUT2D eigenvalue weighted by Crippen LogP contribution is -2.28. The fourth-order valence-electron chi connectivity index (χ4n) is 3.02. The van der Waals surface area contributed by atoms with Crippen molar-refractivity contribution in [2.24, 2.45) is 0 Å². The van der Waals surface area contributed by atoms with Crippen molar-refractivity contribution in [2.45, 2.75) is 6.10 Å².